The third-order valence-electron chi connectivity index (χ3n) is 5.40. The molecule has 5 heteroatoms. The standard InChI is InChI=1S/C16H26N4O/c1-3-13-9-17-15(18-10-13)20-8-6-16(12-21)5-4-7-19(2)14(16)11-20/h9-10,14,21H,3-8,11-12H2,1-2H3/t14-,16-/m1/s1. The molecule has 116 valence electrons. The Bertz CT molecular complexity index is 478. The van der Waals surface area contributed by atoms with E-state index in [0.717, 1.165) is 44.8 Å². The lowest BCUT2D eigenvalue weighted by Crippen LogP contribution is -2.61. The molecule has 1 aromatic heterocycles. The summed E-state index contributed by atoms with van der Waals surface area (Å²) in [5.41, 5.74) is 1.25. The second kappa shape index (κ2) is 5.89. The Balaban J connectivity index is 1.78. The first kappa shape index (κ1) is 14.7. The third-order valence-corrected chi connectivity index (χ3v) is 5.40. The summed E-state index contributed by atoms with van der Waals surface area (Å²) in [5, 5.41) is 9.94. The Kier molecular flexibility index (Phi) is 4.13. The maximum absolute atomic E-state index is 9.94. The van der Waals surface area contributed by atoms with Gasteiger partial charge in [0.25, 0.3) is 0 Å². The highest BCUT2D eigenvalue weighted by molar-refractivity contribution is 5.32. The number of nitrogens with zero attached hydrogens (tertiary/aromatic N) is 4. The molecule has 2 saturated heterocycles. The summed E-state index contributed by atoms with van der Waals surface area (Å²) in [6.07, 6.45) is 8.19. The van der Waals surface area contributed by atoms with E-state index in [9.17, 15) is 5.11 Å². The van der Waals surface area contributed by atoms with Crippen LogP contribution in [0.3, 0.4) is 0 Å². The summed E-state index contributed by atoms with van der Waals surface area (Å²) in [7, 11) is 2.18. The van der Waals surface area contributed by atoms with Gasteiger partial charge < -0.3 is 14.9 Å². The minimum Gasteiger partial charge on any atom is -0.396 e. The number of piperidine rings is 2. The third kappa shape index (κ3) is 2.64. The zero-order chi connectivity index (χ0) is 14.9. The van der Waals surface area contributed by atoms with Crippen LogP contribution in [0.2, 0.25) is 0 Å². The van der Waals surface area contributed by atoms with E-state index < -0.39 is 0 Å². The van der Waals surface area contributed by atoms with E-state index in [1.54, 1.807) is 0 Å². The number of rotatable bonds is 3. The second-order valence-corrected chi connectivity index (χ2v) is 6.56. The molecule has 3 rings (SSSR count). The molecule has 0 radical (unpaired) electrons. The molecule has 21 heavy (non-hydrogen) atoms. The van der Waals surface area contributed by atoms with Gasteiger partial charge in [0.15, 0.2) is 0 Å². The van der Waals surface area contributed by atoms with E-state index in [1.807, 2.05) is 12.4 Å². The van der Waals surface area contributed by atoms with Gasteiger partial charge in [-0.3, -0.25) is 0 Å². The fraction of sp³-hybridized carbons (Fsp3) is 0.750. The highest BCUT2D eigenvalue weighted by Gasteiger charge is 2.46. The van der Waals surface area contributed by atoms with E-state index in [2.05, 4.69) is 33.7 Å². The summed E-state index contributed by atoms with van der Waals surface area (Å²) in [5.74, 6) is 0.831. The quantitative estimate of drug-likeness (QED) is 0.910. The van der Waals surface area contributed by atoms with Crippen LogP contribution in [0.4, 0.5) is 5.95 Å². The number of aromatic nitrogens is 2. The van der Waals surface area contributed by atoms with E-state index in [0.29, 0.717) is 12.6 Å². The molecule has 2 aliphatic heterocycles. The Morgan fingerprint density at radius 1 is 1.29 bits per heavy atom. The van der Waals surface area contributed by atoms with Crippen LogP contribution >= 0.6 is 0 Å². The van der Waals surface area contributed by atoms with Gasteiger partial charge in [0, 0.05) is 36.9 Å². The Hall–Kier alpha value is -1.20. The first-order valence-corrected chi connectivity index (χ1v) is 8.05. The molecule has 2 fully saturated rings. The van der Waals surface area contributed by atoms with Crippen LogP contribution in [-0.2, 0) is 6.42 Å². The van der Waals surface area contributed by atoms with Crippen LogP contribution < -0.4 is 4.90 Å². The minimum absolute atomic E-state index is 0.0762. The molecule has 2 atom stereocenters. The van der Waals surface area contributed by atoms with Crippen molar-refractivity contribution in [3.63, 3.8) is 0 Å². The van der Waals surface area contributed by atoms with E-state index >= 15 is 0 Å². The largest absolute Gasteiger partial charge is 0.396 e. The van der Waals surface area contributed by atoms with Gasteiger partial charge in [-0.15, -0.1) is 0 Å². The second-order valence-electron chi connectivity index (χ2n) is 6.56. The molecule has 0 saturated carbocycles. The fourth-order valence-electron chi connectivity index (χ4n) is 3.89. The van der Waals surface area contributed by atoms with E-state index in [-0.39, 0.29) is 5.41 Å². The van der Waals surface area contributed by atoms with Gasteiger partial charge in [-0.2, -0.15) is 0 Å². The highest BCUT2D eigenvalue weighted by Crippen LogP contribution is 2.41. The molecule has 0 spiro atoms. The van der Waals surface area contributed by atoms with Gasteiger partial charge in [0.05, 0.1) is 6.61 Å². The molecule has 5 nitrogen and oxygen atoms in total. The number of likely N-dealkylation sites (tertiary alicyclic amines) is 1. The lowest BCUT2D eigenvalue weighted by Gasteiger charge is -2.53. The summed E-state index contributed by atoms with van der Waals surface area (Å²) < 4.78 is 0. The summed E-state index contributed by atoms with van der Waals surface area (Å²) >= 11 is 0. The average molecular weight is 290 g/mol. The van der Waals surface area contributed by atoms with Crippen molar-refractivity contribution < 1.29 is 5.11 Å². The predicted octanol–water partition coefficient (Wildman–Crippen LogP) is 1.32. The number of aryl methyl sites for hydroxylation is 1. The van der Waals surface area contributed by atoms with Crippen molar-refractivity contribution in [3.05, 3.63) is 18.0 Å². The lowest BCUT2D eigenvalue weighted by molar-refractivity contribution is -0.0278. The molecule has 0 amide bonds. The molecule has 0 unspecified atom stereocenters. The predicted molar refractivity (Wildman–Crippen MR) is 83.4 cm³/mol. The van der Waals surface area contributed by atoms with Crippen molar-refractivity contribution in [2.24, 2.45) is 5.41 Å². The van der Waals surface area contributed by atoms with Crippen LogP contribution in [0, 0.1) is 5.41 Å². The van der Waals surface area contributed by atoms with Gasteiger partial charge in [-0.05, 0) is 44.8 Å². The van der Waals surface area contributed by atoms with Crippen LogP contribution in [0.15, 0.2) is 12.4 Å². The molecular formula is C16H26N4O. The number of hydrogen-bond acceptors (Lipinski definition) is 5. The summed E-state index contributed by atoms with van der Waals surface area (Å²) in [6, 6.07) is 0.402. The number of anilines is 1. The fourth-order valence-corrected chi connectivity index (χ4v) is 3.89. The molecule has 3 heterocycles. The molecule has 1 aromatic rings. The number of aliphatic hydroxyl groups excluding tert-OH is 1. The van der Waals surface area contributed by atoms with Crippen molar-refractivity contribution in [3.8, 4) is 0 Å². The lowest BCUT2D eigenvalue weighted by atomic mass is 9.69. The van der Waals surface area contributed by atoms with Crippen molar-refractivity contribution >= 4 is 5.95 Å². The van der Waals surface area contributed by atoms with E-state index in [4.69, 9.17) is 0 Å². The van der Waals surface area contributed by atoms with Gasteiger partial charge >= 0.3 is 0 Å². The Morgan fingerprint density at radius 2 is 2.05 bits per heavy atom. The smallest absolute Gasteiger partial charge is 0.225 e. The SMILES string of the molecule is CCc1cnc(N2CC[C@@]3(CO)CCCN(C)[C@@H]3C2)nc1. The first-order valence-electron chi connectivity index (χ1n) is 8.05. The molecular weight excluding hydrogens is 264 g/mol. The van der Waals surface area contributed by atoms with Gasteiger partial charge in [0.1, 0.15) is 0 Å². The van der Waals surface area contributed by atoms with Crippen LogP contribution in [0.1, 0.15) is 31.7 Å². The monoisotopic (exact) mass is 290 g/mol. The minimum atomic E-state index is 0.0762. The highest BCUT2D eigenvalue weighted by atomic mass is 16.3. The van der Waals surface area contributed by atoms with Crippen LogP contribution in [0.5, 0.6) is 0 Å². The number of likely N-dealkylation sites (N-methyl/N-ethyl adjacent to an activating group) is 1. The molecule has 0 aromatic carbocycles. The van der Waals surface area contributed by atoms with Crippen molar-refractivity contribution in [1.82, 2.24) is 14.9 Å². The number of hydrogen-bond donors (Lipinski definition) is 1. The normalized spacial score (nSPS) is 30.2. The zero-order valence-electron chi connectivity index (χ0n) is 13.1. The summed E-state index contributed by atoms with van der Waals surface area (Å²) in [4.78, 5) is 13.7. The van der Waals surface area contributed by atoms with Crippen molar-refractivity contribution in [2.45, 2.75) is 38.6 Å². The van der Waals surface area contributed by atoms with Crippen molar-refractivity contribution in [2.75, 3.05) is 38.2 Å². The molecule has 1 N–H and O–H groups in total. The van der Waals surface area contributed by atoms with Gasteiger partial charge in [0.2, 0.25) is 5.95 Å². The molecule has 2 aliphatic rings. The van der Waals surface area contributed by atoms with E-state index in [1.165, 1.54) is 12.0 Å². The molecule has 0 bridgehead atoms. The topological polar surface area (TPSA) is 52.5 Å². The Labute approximate surface area is 127 Å². The van der Waals surface area contributed by atoms with Crippen LogP contribution in [0.25, 0.3) is 0 Å². The summed E-state index contributed by atoms with van der Waals surface area (Å²) in [6.45, 7) is 5.39. The zero-order valence-corrected chi connectivity index (χ0v) is 13.1. The molecule has 0 aliphatic carbocycles. The maximum Gasteiger partial charge on any atom is 0.225 e. The number of fused-ring (bicyclic) bond motifs is 1. The van der Waals surface area contributed by atoms with Crippen LogP contribution in [-0.4, -0.2) is 59.3 Å². The maximum atomic E-state index is 9.94. The average Bonchev–Trinajstić information content (AvgIpc) is 2.55. The van der Waals surface area contributed by atoms with Gasteiger partial charge in [-0.1, -0.05) is 6.92 Å². The van der Waals surface area contributed by atoms with Gasteiger partial charge in [-0.25, -0.2) is 9.97 Å². The first-order chi connectivity index (χ1) is 10.2. The number of aliphatic hydroxyl groups is 1. The Morgan fingerprint density at radius 3 is 2.71 bits per heavy atom. The van der Waals surface area contributed by atoms with Crippen molar-refractivity contribution in [1.29, 1.82) is 0 Å².